The van der Waals surface area contributed by atoms with Crippen LogP contribution in [0.15, 0.2) is 72.8 Å². The molecule has 0 radical (unpaired) electrons. The van der Waals surface area contributed by atoms with E-state index in [4.69, 9.17) is 21.6 Å². The minimum atomic E-state index is -0.330. The lowest BCUT2D eigenvalue weighted by Gasteiger charge is -2.10. The predicted octanol–water partition coefficient (Wildman–Crippen LogP) is 4.90. The first-order chi connectivity index (χ1) is 12.7. The molecule has 1 N–H and O–H groups in total. The van der Waals surface area contributed by atoms with E-state index in [9.17, 15) is 4.79 Å². The van der Waals surface area contributed by atoms with Crippen molar-refractivity contribution in [2.24, 2.45) is 0 Å². The van der Waals surface area contributed by atoms with Crippen LogP contribution in [0.3, 0.4) is 0 Å². The maximum atomic E-state index is 12.0. The average Bonchev–Trinajstić information content (AvgIpc) is 2.68. The molecular weight excluding hydrogens is 348 g/mol. The summed E-state index contributed by atoms with van der Waals surface area (Å²) in [5, 5.41) is 12.0. The monoisotopic (exact) mass is 362 g/mol. The number of hydrogen-bond acceptors (Lipinski definition) is 3. The summed E-state index contributed by atoms with van der Waals surface area (Å²) in [6, 6.07) is 24.0. The van der Waals surface area contributed by atoms with Gasteiger partial charge < -0.3 is 10.1 Å². The molecule has 0 saturated carbocycles. The van der Waals surface area contributed by atoms with Crippen molar-refractivity contribution < 1.29 is 9.53 Å². The molecule has 0 aromatic heterocycles. The highest BCUT2D eigenvalue weighted by molar-refractivity contribution is 6.32. The summed E-state index contributed by atoms with van der Waals surface area (Å²) in [5.74, 6) is 0.107. The average molecular weight is 363 g/mol. The number of hydrogen-bond donors (Lipinski definition) is 1. The van der Waals surface area contributed by atoms with Gasteiger partial charge in [-0.15, -0.1) is 0 Å². The van der Waals surface area contributed by atoms with Gasteiger partial charge in [-0.05, 0) is 41.5 Å². The normalized spacial score (nSPS) is 10.0. The van der Waals surface area contributed by atoms with Gasteiger partial charge in [-0.2, -0.15) is 5.26 Å². The maximum absolute atomic E-state index is 12.0. The molecule has 0 saturated heterocycles. The molecule has 0 aliphatic rings. The van der Waals surface area contributed by atoms with Crippen molar-refractivity contribution in [2.45, 2.75) is 0 Å². The lowest BCUT2D eigenvalue weighted by Crippen LogP contribution is -2.20. The number of nitrogens with zero attached hydrogens (tertiary/aromatic N) is 1. The molecule has 3 aromatic carbocycles. The fraction of sp³-hybridized carbons (Fsp3) is 0.0476. The summed E-state index contributed by atoms with van der Waals surface area (Å²) in [5.41, 5.74) is 3.04. The van der Waals surface area contributed by atoms with Gasteiger partial charge in [0.25, 0.3) is 5.91 Å². The third-order valence-corrected chi connectivity index (χ3v) is 3.97. The third kappa shape index (κ3) is 4.41. The predicted molar refractivity (Wildman–Crippen MR) is 102 cm³/mol. The van der Waals surface area contributed by atoms with Crippen LogP contribution < -0.4 is 10.1 Å². The fourth-order valence-electron chi connectivity index (χ4n) is 2.43. The Morgan fingerprint density at radius 1 is 1.00 bits per heavy atom. The van der Waals surface area contributed by atoms with Crippen LogP contribution in [-0.4, -0.2) is 12.5 Å². The summed E-state index contributed by atoms with van der Waals surface area (Å²) >= 11 is 6.27. The highest BCUT2D eigenvalue weighted by atomic mass is 35.5. The van der Waals surface area contributed by atoms with E-state index in [2.05, 4.69) is 5.32 Å². The van der Waals surface area contributed by atoms with Crippen molar-refractivity contribution >= 4 is 23.2 Å². The van der Waals surface area contributed by atoms with Crippen LogP contribution >= 0.6 is 11.6 Å². The Balaban J connectivity index is 1.62. The quantitative estimate of drug-likeness (QED) is 0.702. The second-order valence-electron chi connectivity index (χ2n) is 5.54. The van der Waals surface area contributed by atoms with Gasteiger partial charge in [0.15, 0.2) is 6.61 Å². The lowest BCUT2D eigenvalue weighted by atomic mass is 10.1. The zero-order valence-electron chi connectivity index (χ0n) is 13.8. The SMILES string of the molecule is N#Cc1cccc(NC(=O)COc2ccc(-c3ccccc3)cc2Cl)c1. The number of carbonyl (C=O) groups excluding carboxylic acids is 1. The van der Waals surface area contributed by atoms with Crippen molar-refractivity contribution in [3.63, 3.8) is 0 Å². The van der Waals surface area contributed by atoms with E-state index in [0.29, 0.717) is 22.0 Å². The molecule has 4 nitrogen and oxygen atoms in total. The number of benzene rings is 3. The molecule has 5 heteroatoms. The molecule has 0 unspecified atom stereocenters. The van der Waals surface area contributed by atoms with Gasteiger partial charge in [-0.3, -0.25) is 4.79 Å². The van der Waals surface area contributed by atoms with Crippen LogP contribution in [0.25, 0.3) is 11.1 Å². The molecule has 0 heterocycles. The molecule has 1 amide bonds. The number of carbonyl (C=O) groups is 1. The summed E-state index contributed by atoms with van der Waals surface area (Å²) in [6.45, 7) is -0.179. The van der Waals surface area contributed by atoms with Gasteiger partial charge in [0.2, 0.25) is 0 Å². The van der Waals surface area contributed by atoms with E-state index in [0.717, 1.165) is 11.1 Å². The Bertz CT molecular complexity index is 965. The van der Waals surface area contributed by atoms with E-state index >= 15 is 0 Å². The lowest BCUT2D eigenvalue weighted by molar-refractivity contribution is -0.118. The summed E-state index contributed by atoms with van der Waals surface area (Å²) < 4.78 is 5.51. The van der Waals surface area contributed by atoms with E-state index in [1.165, 1.54) is 0 Å². The van der Waals surface area contributed by atoms with E-state index in [1.807, 2.05) is 42.5 Å². The van der Waals surface area contributed by atoms with E-state index < -0.39 is 0 Å². The molecular formula is C21H15ClN2O2. The summed E-state index contributed by atoms with van der Waals surface area (Å²) in [7, 11) is 0. The molecule has 26 heavy (non-hydrogen) atoms. The first-order valence-corrected chi connectivity index (χ1v) is 8.31. The van der Waals surface area contributed by atoms with E-state index in [-0.39, 0.29) is 12.5 Å². The minimum absolute atomic E-state index is 0.179. The van der Waals surface area contributed by atoms with Crippen molar-refractivity contribution in [1.82, 2.24) is 0 Å². The van der Waals surface area contributed by atoms with Crippen molar-refractivity contribution in [1.29, 1.82) is 5.26 Å². The summed E-state index contributed by atoms with van der Waals surface area (Å²) in [4.78, 5) is 12.0. The first-order valence-electron chi connectivity index (χ1n) is 7.93. The molecule has 3 aromatic rings. The fourth-order valence-corrected chi connectivity index (χ4v) is 2.67. The maximum Gasteiger partial charge on any atom is 0.262 e. The zero-order chi connectivity index (χ0) is 18.4. The second kappa shape index (κ2) is 8.19. The van der Waals surface area contributed by atoms with Gasteiger partial charge >= 0.3 is 0 Å². The number of amides is 1. The highest BCUT2D eigenvalue weighted by Gasteiger charge is 2.08. The van der Waals surface area contributed by atoms with Crippen LogP contribution in [0, 0.1) is 11.3 Å². The number of nitrogens with one attached hydrogen (secondary N) is 1. The Morgan fingerprint density at radius 2 is 1.81 bits per heavy atom. The van der Waals surface area contributed by atoms with Crippen LogP contribution in [-0.2, 0) is 4.79 Å². The number of ether oxygens (including phenoxy) is 1. The number of halogens is 1. The number of anilines is 1. The molecule has 3 rings (SSSR count). The Morgan fingerprint density at radius 3 is 2.54 bits per heavy atom. The van der Waals surface area contributed by atoms with Crippen molar-refractivity contribution in [3.05, 3.63) is 83.4 Å². The first kappa shape index (κ1) is 17.5. The van der Waals surface area contributed by atoms with Crippen LogP contribution in [0.4, 0.5) is 5.69 Å². The Hall–Kier alpha value is -3.29. The molecule has 0 aliphatic carbocycles. The highest BCUT2D eigenvalue weighted by Crippen LogP contribution is 2.30. The topological polar surface area (TPSA) is 62.1 Å². The smallest absolute Gasteiger partial charge is 0.262 e. The van der Waals surface area contributed by atoms with Crippen LogP contribution in [0.5, 0.6) is 5.75 Å². The van der Waals surface area contributed by atoms with Crippen LogP contribution in [0.1, 0.15) is 5.56 Å². The Labute approximate surface area is 156 Å². The van der Waals surface area contributed by atoms with Gasteiger partial charge in [0.05, 0.1) is 16.7 Å². The zero-order valence-corrected chi connectivity index (χ0v) is 14.5. The second-order valence-corrected chi connectivity index (χ2v) is 5.95. The van der Waals surface area contributed by atoms with E-state index in [1.54, 1.807) is 36.4 Å². The molecule has 0 aliphatic heterocycles. The van der Waals surface area contributed by atoms with Crippen LogP contribution in [0.2, 0.25) is 5.02 Å². The molecule has 0 bridgehead atoms. The van der Waals surface area contributed by atoms with Crippen molar-refractivity contribution in [3.8, 4) is 22.9 Å². The van der Waals surface area contributed by atoms with Gasteiger partial charge in [0.1, 0.15) is 5.75 Å². The molecule has 0 spiro atoms. The number of rotatable bonds is 5. The van der Waals surface area contributed by atoms with Crippen molar-refractivity contribution in [2.75, 3.05) is 11.9 Å². The Kier molecular flexibility index (Phi) is 5.52. The third-order valence-electron chi connectivity index (χ3n) is 3.67. The minimum Gasteiger partial charge on any atom is -0.482 e. The van der Waals surface area contributed by atoms with Gasteiger partial charge in [0, 0.05) is 5.69 Å². The largest absolute Gasteiger partial charge is 0.482 e. The van der Waals surface area contributed by atoms with Gasteiger partial charge in [-0.25, -0.2) is 0 Å². The number of nitriles is 1. The molecule has 0 fully saturated rings. The standard InChI is InChI=1S/C21H15ClN2O2/c22-19-12-17(16-6-2-1-3-7-16)9-10-20(19)26-14-21(25)24-18-8-4-5-15(11-18)13-23/h1-12H,14H2,(H,24,25). The summed E-state index contributed by atoms with van der Waals surface area (Å²) in [6.07, 6.45) is 0. The van der Waals surface area contributed by atoms with Gasteiger partial charge in [-0.1, -0.05) is 54.1 Å². The molecule has 128 valence electrons. The molecule has 0 atom stereocenters.